The number of H-pyrrole nitrogens is 1. The summed E-state index contributed by atoms with van der Waals surface area (Å²) >= 11 is 0. The molecule has 0 aliphatic rings. The highest BCUT2D eigenvalue weighted by Crippen LogP contribution is 2.25. The van der Waals surface area contributed by atoms with E-state index in [1.807, 2.05) is 6.20 Å². The zero-order chi connectivity index (χ0) is 17.5. The van der Waals surface area contributed by atoms with Gasteiger partial charge >= 0.3 is 0 Å². The summed E-state index contributed by atoms with van der Waals surface area (Å²) in [7, 11) is 2.07. The first-order valence-electron chi connectivity index (χ1n) is 8.56. The number of hydrogen-bond acceptors (Lipinski definition) is 4. The summed E-state index contributed by atoms with van der Waals surface area (Å²) in [5, 5.41) is 7.41. The molecule has 2 aromatic rings. The summed E-state index contributed by atoms with van der Waals surface area (Å²) in [4.78, 5) is 4.46. The Morgan fingerprint density at radius 1 is 1.21 bits per heavy atom. The van der Waals surface area contributed by atoms with Crippen molar-refractivity contribution in [1.82, 2.24) is 20.0 Å². The average Bonchev–Trinajstić information content (AvgIpc) is 3.04. The molecule has 0 spiro atoms. The zero-order valence-electron chi connectivity index (χ0n) is 15.0. The molecule has 2 rings (SSSR count). The van der Waals surface area contributed by atoms with E-state index in [4.69, 9.17) is 5.73 Å². The van der Waals surface area contributed by atoms with Gasteiger partial charge in [0, 0.05) is 55.7 Å². The lowest BCUT2D eigenvalue weighted by Crippen LogP contribution is -2.25. The van der Waals surface area contributed by atoms with E-state index >= 15 is 0 Å². The van der Waals surface area contributed by atoms with Gasteiger partial charge in [-0.25, -0.2) is 0 Å². The number of aromatic amines is 1. The standard InChI is InChI=1S/C19H29N5/c1-5-24(6-2)15(3)16-7-9-17(10-8-16)19-18(13-21-22-19)14-23(4)12-11-20/h7-10,13H,3,5-6,11-12,14,20H2,1-2,4H3,(H,21,22). The smallest absolute Gasteiger partial charge is 0.0965 e. The predicted octanol–water partition coefficient (Wildman–Crippen LogP) is 2.78. The molecular formula is C19H29N5. The third kappa shape index (κ3) is 4.24. The second-order valence-corrected chi connectivity index (χ2v) is 5.98. The van der Waals surface area contributed by atoms with Crippen LogP contribution in [0.1, 0.15) is 25.0 Å². The normalized spacial score (nSPS) is 11.0. The van der Waals surface area contributed by atoms with Crippen LogP contribution in [-0.4, -0.2) is 53.2 Å². The topological polar surface area (TPSA) is 61.2 Å². The number of nitrogens with two attached hydrogens (primary N) is 1. The molecule has 0 aliphatic carbocycles. The molecule has 24 heavy (non-hydrogen) atoms. The largest absolute Gasteiger partial charge is 0.372 e. The molecule has 3 N–H and O–H groups in total. The maximum Gasteiger partial charge on any atom is 0.0965 e. The van der Waals surface area contributed by atoms with Crippen LogP contribution in [0.25, 0.3) is 17.0 Å². The molecular weight excluding hydrogens is 298 g/mol. The third-order valence-corrected chi connectivity index (χ3v) is 4.31. The van der Waals surface area contributed by atoms with Gasteiger partial charge in [-0.15, -0.1) is 0 Å². The number of nitrogens with one attached hydrogen (secondary N) is 1. The van der Waals surface area contributed by atoms with Crippen molar-refractivity contribution < 1.29 is 0 Å². The van der Waals surface area contributed by atoms with Crippen molar-refractivity contribution in [3.63, 3.8) is 0 Å². The van der Waals surface area contributed by atoms with Crippen molar-refractivity contribution in [2.24, 2.45) is 5.73 Å². The van der Waals surface area contributed by atoms with E-state index in [1.165, 1.54) is 5.56 Å². The van der Waals surface area contributed by atoms with E-state index < -0.39 is 0 Å². The molecule has 1 aromatic heterocycles. The maximum atomic E-state index is 5.62. The fourth-order valence-electron chi connectivity index (χ4n) is 2.88. The molecule has 0 atom stereocenters. The van der Waals surface area contributed by atoms with E-state index in [9.17, 15) is 0 Å². The molecule has 0 saturated heterocycles. The molecule has 0 aliphatic heterocycles. The highest BCUT2D eigenvalue weighted by Gasteiger charge is 2.12. The van der Waals surface area contributed by atoms with Crippen molar-refractivity contribution in [3.8, 4) is 11.3 Å². The molecule has 5 heteroatoms. The van der Waals surface area contributed by atoms with Gasteiger partial charge in [-0.05, 0) is 26.5 Å². The number of nitrogens with zero attached hydrogens (tertiary/aromatic N) is 3. The number of rotatable bonds is 9. The van der Waals surface area contributed by atoms with Gasteiger partial charge in [0.25, 0.3) is 0 Å². The van der Waals surface area contributed by atoms with Crippen LogP contribution in [0.15, 0.2) is 37.0 Å². The monoisotopic (exact) mass is 327 g/mol. The zero-order valence-corrected chi connectivity index (χ0v) is 15.0. The van der Waals surface area contributed by atoms with Gasteiger partial charge in [0.2, 0.25) is 0 Å². The SMILES string of the molecule is C=C(c1ccc(-c2n[nH]cc2CN(C)CCN)cc1)N(CC)CC. The molecule has 0 radical (unpaired) electrons. The van der Waals surface area contributed by atoms with E-state index in [0.29, 0.717) is 6.54 Å². The van der Waals surface area contributed by atoms with E-state index in [0.717, 1.165) is 48.7 Å². The minimum atomic E-state index is 0.659. The van der Waals surface area contributed by atoms with Crippen molar-refractivity contribution >= 4 is 5.70 Å². The molecule has 0 saturated carbocycles. The predicted molar refractivity (Wildman–Crippen MR) is 101 cm³/mol. The number of benzene rings is 1. The number of likely N-dealkylation sites (N-methyl/N-ethyl adjacent to an activating group) is 1. The lowest BCUT2D eigenvalue weighted by atomic mass is 10.0. The maximum absolute atomic E-state index is 5.62. The highest BCUT2D eigenvalue weighted by atomic mass is 15.1. The van der Waals surface area contributed by atoms with Gasteiger partial charge in [0.1, 0.15) is 0 Å². The quantitative estimate of drug-likeness (QED) is 0.743. The number of aromatic nitrogens is 2. The molecule has 0 bridgehead atoms. The van der Waals surface area contributed by atoms with Crippen LogP contribution < -0.4 is 5.73 Å². The lowest BCUT2D eigenvalue weighted by molar-refractivity contribution is 0.337. The number of hydrogen-bond donors (Lipinski definition) is 2. The summed E-state index contributed by atoms with van der Waals surface area (Å²) in [6, 6.07) is 8.48. The van der Waals surface area contributed by atoms with Gasteiger partial charge in [0.05, 0.1) is 5.69 Å². The lowest BCUT2D eigenvalue weighted by Gasteiger charge is -2.23. The van der Waals surface area contributed by atoms with E-state index in [-0.39, 0.29) is 0 Å². The van der Waals surface area contributed by atoms with Crippen LogP contribution in [0.3, 0.4) is 0 Å². The van der Waals surface area contributed by atoms with Crippen LogP contribution in [-0.2, 0) is 6.54 Å². The van der Waals surface area contributed by atoms with Crippen molar-refractivity contribution in [2.75, 3.05) is 33.2 Å². The molecule has 1 heterocycles. The third-order valence-electron chi connectivity index (χ3n) is 4.31. The van der Waals surface area contributed by atoms with Gasteiger partial charge in [-0.2, -0.15) is 5.10 Å². The Morgan fingerprint density at radius 2 is 1.88 bits per heavy atom. The Kier molecular flexibility index (Phi) is 6.58. The van der Waals surface area contributed by atoms with Crippen LogP contribution in [0.2, 0.25) is 0 Å². The molecule has 0 unspecified atom stereocenters. The van der Waals surface area contributed by atoms with Crippen LogP contribution in [0.5, 0.6) is 0 Å². The molecule has 0 amide bonds. The summed E-state index contributed by atoms with van der Waals surface area (Å²) < 4.78 is 0. The highest BCUT2D eigenvalue weighted by molar-refractivity contribution is 5.68. The molecule has 0 fully saturated rings. The summed E-state index contributed by atoms with van der Waals surface area (Å²) in [6.07, 6.45) is 1.96. The second kappa shape index (κ2) is 8.66. The van der Waals surface area contributed by atoms with Crippen molar-refractivity contribution in [2.45, 2.75) is 20.4 Å². The van der Waals surface area contributed by atoms with Gasteiger partial charge in [0.15, 0.2) is 0 Å². The first-order chi connectivity index (χ1) is 11.6. The summed E-state index contributed by atoms with van der Waals surface area (Å²) in [6.45, 7) is 12.8. The average molecular weight is 327 g/mol. The first kappa shape index (κ1) is 18.2. The van der Waals surface area contributed by atoms with Crippen molar-refractivity contribution in [1.29, 1.82) is 0 Å². The molecule has 5 nitrogen and oxygen atoms in total. The van der Waals surface area contributed by atoms with Gasteiger partial charge in [-0.3, -0.25) is 5.10 Å². The second-order valence-electron chi connectivity index (χ2n) is 5.98. The summed E-state index contributed by atoms with van der Waals surface area (Å²) in [5.41, 5.74) is 11.1. The molecule has 130 valence electrons. The first-order valence-corrected chi connectivity index (χ1v) is 8.56. The minimum absolute atomic E-state index is 0.659. The van der Waals surface area contributed by atoms with Gasteiger partial charge < -0.3 is 15.5 Å². The Bertz CT molecular complexity index is 640. The van der Waals surface area contributed by atoms with E-state index in [1.54, 1.807) is 0 Å². The van der Waals surface area contributed by atoms with Crippen LogP contribution in [0, 0.1) is 0 Å². The van der Waals surface area contributed by atoms with Gasteiger partial charge in [-0.1, -0.05) is 30.8 Å². The van der Waals surface area contributed by atoms with Crippen LogP contribution in [0.4, 0.5) is 0 Å². The fraction of sp³-hybridized carbons (Fsp3) is 0.421. The fourth-order valence-corrected chi connectivity index (χ4v) is 2.88. The van der Waals surface area contributed by atoms with Crippen LogP contribution >= 0.6 is 0 Å². The summed E-state index contributed by atoms with van der Waals surface area (Å²) in [5.74, 6) is 0. The Morgan fingerprint density at radius 3 is 2.46 bits per heavy atom. The Hall–Kier alpha value is -2.11. The Labute approximate surface area is 145 Å². The minimum Gasteiger partial charge on any atom is -0.372 e. The Balaban J connectivity index is 2.17. The molecule has 1 aromatic carbocycles. The van der Waals surface area contributed by atoms with Crippen molar-refractivity contribution in [3.05, 3.63) is 48.2 Å². The van der Waals surface area contributed by atoms with E-state index in [2.05, 4.69) is 71.7 Å².